The van der Waals surface area contributed by atoms with Crippen molar-refractivity contribution in [2.45, 2.75) is 19.0 Å². The molecule has 0 aromatic rings. The molecule has 172 valence electrons. The maximum Gasteiger partial charge on any atom is 0.263 e. The highest BCUT2D eigenvalue weighted by Crippen LogP contribution is 2.28. The Bertz CT molecular complexity index is 961. The van der Waals surface area contributed by atoms with Gasteiger partial charge in [-0.3, -0.25) is 15.1 Å². The SMILES string of the molecule is CC1NC=C(NC(=O)/C(C(=N)N)=C2\N=CC(F)=CN2)C(N2CCN(C3COC3)CC2)=C1Cl. The zero-order valence-electron chi connectivity index (χ0n) is 17.6. The number of aliphatic imine (C=N–C) groups is 1. The topological polar surface area (TPSA) is 131 Å². The molecule has 6 N–H and O–H groups in total. The van der Waals surface area contributed by atoms with Gasteiger partial charge in [-0.25, -0.2) is 9.38 Å². The Balaban J connectivity index is 1.52. The van der Waals surface area contributed by atoms with Crippen molar-refractivity contribution in [3.8, 4) is 0 Å². The van der Waals surface area contributed by atoms with Crippen molar-refractivity contribution in [3.63, 3.8) is 0 Å². The van der Waals surface area contributed by atoms with Crippen LogP contribution in [0.5, 0.6) is 0 Å². The first-order chi connectivity index (χ1) is 15.3. The van der Waals surface area contributed by atoms with Crippen LogP contribution < -0.4 is 21.7 Å². The number of halogens is 2. The molecule has 10 nitrogen and oxygen atoms in total. The van der Waals surface area contributed by atoms with Gasteiger partial charge >= 0.3 is 0 Å². The molecule has 0 aliphatic carbocycles. The average molecular weight is 465 g/mol. The van der Waals surface area contributed by atoms with Crippen LogP contribution in [0.15, 0.2) is 51.0 Å². The molecule has 0 aromatic carbocycles. The first kappa shape index (κ1) is 22.3. The van der Waals surface area contributed by atoms with E-state index in [0.29, 0.717) is 16.8 Å². The fourth-order valence-electron chi connectivity index (χ4n) is 3.86. The number of rotatable bonds is 5. The maximum absolute atomic E-state index is 13.2. The molecule has 4 aliphatic rings. The summed E-state index contributed by atoms with van der Waals surface area (Å²) in [5.41, 5.74) is 6.64. The Morgan fingerprint density at radius 1 is 1.34 bits per heavy atom. The second kappa shape index (κ2) is 9.31. The summed E-state index contributed by atoms with van der Waals surface area (Å²) in [6.07, 6.45) is 3.67. The summed E-state index contributed by atoms with van der Waals surface area (Å²) in [5.74, 6) is -1.76. The number of nitrogens with one attached hydrogen (secondary N) is 4. The lowest BCUT2D eigenvalue weighted by atomic mass is 10.1. The molecule has 0 saturated carbocycles. The van der Waals surface area contributed by atoms with Crippen molar-refractivity contribution in [3.05, 3.63) is 46.0 Å². The Morgan fingerprint density at radius 3 is 2.62 bits per heavy atom. The van der Waals surface area contributed by atoms with Crippen molar-refractivity contribution in [1.82, 2.24) is 25.8 Å². The standard InChI is InChI=1S/C20H26ClFN8O2/c1-11-16(21)17(30-4-2-29(3-5-30)13-9-32-10-13)14(8-25-11)28-20(31)15(18(23)24)19-26-6-12(22)7-27-19/h6-8,11,13,25-26H,2-5,9-10H2,1H3,(H3,23,24)(H,28,31)/b19-15-. The molecule has 1 amide bonds. The number of carbonyl (C=O) groups is 1. The molecule has 4 aliphatic heterocycles. The number of nitrogens with two attached hydrogens (primary N) is 1. The lowest BCUT2D eigenvalue weighted by Crippen LogP contribution is -2.57. The van der Waals surface area contributed by atoms with Gasteiger partial charge in [-0.15, -0.1) is 0 Å². The van der Waals surface area contributed by atoms with E-state index in [9.17, 15) is 9.18 Å². The lowest BCUT2D eigenvalue weighted by Gasteiger charge is -2.44. The smallest absolute Gasteiger partial charge is 0.263 e. The zero-order valence-corrected chi connectivity index (χ0v) is 18.4. The molecule has 4 rings (SSSR count). The molecule has 0 spiro atoms. The van der Waals surface area contributed by atoms with Gasteiger partial charge < -0.3 is 31.3 Å². The molecule has 0 aromatic heterocycles. The number of nitrogens with zero attached hydrogens (tertiary/aromatic N) is 3. The van der Waals surface area contributed by atoms with Gasteiger partial charge in [0.05, 0.1) is 47.9 Å². The number of allylic oxidation sites excluding steroid dienone is 1. The summed E-state index contributed by atoms with van der Waals surface area (Å²) < 4.78 is 18.5. The Morgan fingerprint density at radius 2 is 2.06 bits per heavy atom. The van der Waals surface area contributed by atoms with Gasteiger partial charge in [0.25, 0.3) is 5.91 Å². The first-order valence-electron chi connectivity index (χ1n) is 10.3. The van der Waals surface area contributed by atoms with Gasteiger partial charge in [0, 0.05) is 38.6 Å². The molecule has 0 bridgehead atoms. The normalized spacial score (nSPS) is 25.8. The average Bonchev–Trinajstić information content (AvgIpc) is 2.72. The second-order valence-electron chi connectivity index (χ2n) is 7.88. The number of hydrogen-bond acceptors (Lipinski definition) is 8. The van der Waals surface area contributed by atoms with Crippen LogP contribution in [0.3, 0.4) is 0 Å². The van der Waals surface area contributed by atoms with E-state index in [4.69, 9.17) is 27.5 Å². The van der Waals surface area contributed by atoms with Gasteiger partial charge in [-0.1, -0.05) is 11.6 Å². The zero-order chi connectivity index (χ0) is 22.8. The third-order valence-corrected chi connectivity index (χ3v) is 6.26. The molecule has 0 radical (unpaired) electrons. The van der Waals surface area contributed by atoms with E-state index in [1.807, 2.05) is 6.92 Å². The van der Waals surface area contributed by atoms with Crippen LogP contribution in [-0.2, 0) is 9.53 Å². The summed E-state index contributed by atoms with van der Waals surface area (Å²) in [5, 5.41) is 16.9. The number of carbonyl (C=O) groups excluding carboxylic acids is 1. The molecular weight excluding hydrogens is 439 g/mol. The van der Waals surface area contributed by atoms with E-state index in [2.05, 4.69) is 30.7 Å². The molecule has 1 atom stereocenters. The quantitative estimate of drug-likeness (QED) is 0.220. The predicted molar refractivity (Wildman–Crippen MR) is 119 cm³/mol. The number of ether oxygens (including phenoxy) is 1. The summed E-state index contributed by atoms with van der Waals surface area (Å²) in [6, 6.07) is 0.351. The fourth-order valence-corrected chi connectivity index (χ4v) is 4.15. The molecule has 2 fully saturated rings. The molecule has 32 heavy (non-hydrogen) atoms. The number of amides is 1. The van der Waals surface area contributed by atoms with Crippen LogP contribution in [-0.4, -0.2) is 79.2 Å². The van der Waals surface area contributed by atoms with Gasteiger partial charge in [-0.05, 0) is 6.92 Å². The number of piperazine rings is 1. The third-order valence-electron chi connectivity index (χ3n) is 5.75. The maximum atomic E-state index is 13.2. The Labute approximate surface area is 190 Å². The highest BCUT2D eigenvalue weighted by Gasteiger charge is 2.33. The first-order valence-corrected chi connectivity index (χ1v) is 10.7. The minimum absolute atomic E-state index is 0.0119. The molecular formula is C20H26ClFN8O2. The second-order valence-corrected chi connectivity index (χ2v) is 8.29. The van der Waals surface area contributed by atoms with Crippen molar-refractivity contribution >= 4 is 29.6 Å². The van der Waals surface area contributed by atoms with Crippen LogP contribution in [0.2, 0.25) is 0 Å². The predicted octanol–water partition coefficient (Wildman–Crippen LogP) is 0.0350. The van der Waals surface area contributed by atoms with Gasteiger partial charge in [-0.2, -0.15) is 0 Å². The Kier molecular flexibility index (Phi) is 6.49. The van der Waals surface area contributed by atoms with E-state index >= 15 is 0 Å². The van der Waals surface area contributed by atoms with Crippen molar-refractivity contribution in [1.29, 1.82) is 5.41 Å². The van der Waals surface area contributed by atoms with E-state index in [1.54, 1.807) is 6.20 Å². The van der Waals surface area contributed by atoms with Crippen molar-refractivity contribution < 1.29 is 13.9 Å². The van der Waals surface area contributed by atoms with Gasteiger partial charge in [0.1, 0.15) is 17.2 Å². The number of hydrogen-bond donors (Lipinski definition) is 5. The Hall–Kier alpha value is -2.89. The minimum Gasteiger partial charge on any atom is -0.383 e. The molecule has 4 heterocycles. The number of amidine groups is 1. The van der Waals surface area contributed by atoms with Crippen LogP contribution in [0.4, 0.5) is 4.39 Å². The fraction of sp³-hybridized carbons (Fsp3) is 0.450. The highest BCUT2D eigenvalue weighted by atomic mass is 35.5. The summed E-state index contributed by atoms with van der Waals surface area (Å²) in [6.45, 7) is 6.70. The van der Waals surface area contributed by atoms with E-state index in [0.717, 1.165) is 57.5 Å². The molecule has 12 heteroatoms. The van der Waals surface area contributed by atoms with E-state index < -0.39 is 17.6 Å². The van der Waals surface area contributed by atoms with E-state index in [1.165, 1.54) is 0 Å². The summed E-state index contributed by atoms with van der Waals surface area (Å²) in [4.78, 5) is 21.4. The largest absolute Gasteiger partial charge is 0.383 e. The molecule has 2 saturated heterocycles. The summed E-state index contributed by atoms with van der Waals surface area (Å²) >= 11 is 6.67. The van der Waals surface area contributed by atoms with Crippen LogP contribution in [0, 0.1) is 5.41 Å². The minimum atomic E-state index is -0.650. The number of dihydropyridines is 1. The lowest BCUT2D eigenvalue weighted by molar-refractivity contribution is -0.116. The van der Waals surface area contributed by atoms with Crippen molar-refractivity contribution in [2.75, 3.05) is 39.4 Å². The van der Waals surface area contributed by atoms with Gasteiger partial charge in [0.15, 0.2) is 5.83 Å². The van der Waals surface area contributed by atoms with Crippen molar-refractivity contribution in [2.24, 2.45) is 10.7 Å². The third kappa shape index (κ3) is 4.50. The van der Waals surface area contributed by atoms with E-state index in [-0.39, 0.29) is 17.4 Å². The molecule has 1 unspecified atom stereocenters. The summed E-state index contributed by atoms with van der Waals surface area (Å²) in [7, 11) is 0. The van der Waals surface area contributed by atoms with Crippen LogP contribution in [0.25, 0.3) is 0 Å². The monoisotopic (exact) mass is 464 g/mol. The van der Waals surface area contributed by atoms with Crippen LogP contribution >= 0.6 is 11.6 Å². The highest BCUT2D eigenvalue weighted by molar-refractivity contribution is 6.31. The van der Waals surface area contributed by atoms with Gasteiger partial charge in [0.2, 0.25) is 0 Å². The van der Waals surface area contributed by atoms with Crippen LogP contribution in [0.1, 0.15) is 6.92 Å².